The standard InChI is InChI=1S/C15H13F4N3O2/c1-7(9-5-4-8(23-2)6-10(9)24-3)21-22-13-11(16)14(18)20-15(19)12(13)17/h4-6H,1-3H3,(H,20,22). The van der Waals surface area contributed by atoms with Gasteiger partial charge in [-0.25, -0.2) is 0 Å². The Morgan fingerprint density at radius 1 is 1.04 bits per heavy atom. The van der Waals surface area contributed by atoms with Crippen LogP contribution in [-0.2, 0) is 0 Å². The minimum Gasteiger partial charge on any atom is -0.497 e. The van der Waals surface area contributed by atoms with Gasteiger partial charge in [-0.1, -0.05) is 0 Å². The van der Waals surface area contributed by atoms with Crippen LogP contribution in [0.5, 0.6) is 11.5 Å². The number of aromatic nitrogens is 1. The van der Waals surface area contributed by atoms with Gasteiger partial charge in [-0.2, -0.15) is 27.6 Å². The van der Waals surface area contributed by atoms with Crippen molar-refractivity contribution in [2.45, 2.75) is 6.92 Å². The molecule has 0 aliphatic carbocycles. The van der Waals surface area contributed by atoms with E-state index in [2.05, 4.69) is 10.1 Å². The number of hydrazone groups is 1. The van der Waals surface area contributed by atoms with Crippen LogP contribution in [0.15, 0.2) is 23.3 Å². The van der Waals surface area contributed by atoms with E-state index in [0.717, 1.165) is 0 Å². The number of pyridine rings is 1. The summed E-state index contributed by atoms with van der Waals surface area (Å²) in [5, 5.41) is 3.74. The molecule has 0 aliphatic heterocycles. The van der Waals surface area contributed by atoms with Crippen molar-refractivity contribution in [1.82, 2.24) is 4.98 Å². The predicted octanol–water partition coefficient (Wildman–Crippen LogP) is 3.49. The summed E-state index contributed by atoms with van der Waals surface area (Å²) in [6, 6.07) is 4.82. The molecule has 9 heteroatoms. The fourth-order valence-electron chi connectivity index (χ4n) is 1.88. The Labute approximate surface area is 134 Å². The second kappa shape index (κ2) is 7.16. The second-order valence-electron chi connectivity index (χ2n) is 4.57. The van der Waals surface area contributed by atoms with Crippen molar-refractivity contribution < 1.29 is 27.0 Å². The highest BCUT2D eigenvalue weighted by Gasteiger charge is 2.20. The van der Waals surface area contributed by atoms with Gasteiger partial charge in [0, 0.05) is 11.6 Å². The highest BCUT2D eigenvalue weighted by molar-refractivity contribution is 6.01. The molecule has 0 atom stereocenters. The molecule has 2 aromatic rings. The van der Waals surface area contributed by atoms with Gasteiger partial charge >= 0.3 is 0 Å². The molecule has 1 N–H and O–H groups in total. The lowest BCUT2D eigenvalue weighted by molar-refractivity contribution is 0.394. The minimum atomic E-state index is -1.77. The molecule has 1 aromatic heterocycles. The zero-order chi connectivity index (χ0) is 17.9. The Morgan fingerprint density at radius 2 is 1.67 bits per heavy atom. The summed E-state index contributed by atoms with van der Waals surface area (Å²) in [4.78, 5) is 2.46. The Morgan fingerprint density at radius 3 is 2.21 bits per heavy atom. The number of hydrogen-bond donors (Lipinski definition) is 1. The molecule has 0 unspecified atom stereocenters. The van der Waals surface area contributed by atoms with Crippen LogP contribution in [0.4, 0.5) is 23.2 Å². The number of nitrogens with one attached hydrogen (secondary N) is 1. The van der Waals surface area contributed by atoms with Gasteiger partial charge in [0.25, 0.3) is 11.9 Å². The lowest BCUT2D eigenvalue weighted by atomic mass is 10.1. The van der Waals surface area contributed by atoms with Crippen molar-refractivity contribution >= 4 is 11.4 Å². The Balaban J connectivity index is 2.37. The van der Waals surface area contributed by atoms with Crippen molar-refractivity contribution in [2.24, 2.45) is 5.10 Å². The lowest BCUT2D eigenvalue weighted by Crippen LogP contribution is -2.08. The molecule has 0 fully saturated rings. The zero-order valence-electron chi connectivity index (χ0n) is 13.0. The number of benzene rings is 1. The van der Waals surface area contributed by atoms with E-state index in [1.165, 1.54) is 21.1 Å². The highest BCUT2D eigenvalue weighted by Crippen LogP contribution is 2.26. The average molecular weight is 343 g/mol. The first-order valence-corrected chi connectivity index (χ1v) is 6.61. The minimum absolute atomic E-state index is 0.255. The number of rotatable bonds is 5. The molecule has 1 aromatic carbocycles. The van der Waals surface area contributed by atoms with Crippen molar-refractivity contribution in [3.8, 4) is 11.5 Å². The third-order valence-electron chi connectivity index (χ3n) is 3.13. The Hall–Kier alpha value is -2.84. The van der Waals surface area contributed by atoms with Crippen LogP contribution in [0, 0.1) is 23.5 Å². The maximum atomic E-state index is 13.5. The number of anilines is 1. The van der Waals surface area contributed by atoms with Gasteiger partial charge in [0.15, 0.2) is 0 Å². The van der Waals surface area contributed by atoms with Crippen molar-refractivity contribution in [3.63, 3.8) is 0 Å². The van der Waals surface area contributed by atoms with Gasteiger partial charge in [0.05, 0.1) is 19.9 Å². The van der Waals surface area contributed by atoms with Gasteiger partial charge < -0.3 is 9.47 Å². The molecule has 0 spiro atoms. The molecular formula is C15H13F4N3O2. The summed E-state index contributed by atoms with van der Waals surface area (Å²) in [5.41, 5.74) is 1.64. The number of ether oxygens (including phenoxy) is 2. The summed E-state index contributed by atoms with van der Waals surface area (Å²) in [6.07, 6.45) is 0. The van der Waals surface area contributed by atoms with Crippen molar-refractivity contribution in [3.05, 3.63) is 47.3 Å². The van der Waals surface area contributed by atoms with E-state index in [-0.39, 0.29) is 5.71 Å². The van der Waals surface area contributed by atoms with Crippen LogP contribution in [0.1, 0.15) is 12.5 Å². The summed E-state index contributed by atoms with van der Waals surface area (Å²) in [6.45, 7) is 1.51. The third kappa shape index (κ3) is 3.39. The fourth-order valence-corrected chi connectivity index (χ4v) is 1.88. The van der Waals surface area contributed by atoms with Crippen LogP contribution < -0.4 is 14.9 Å². The molecule has 0 bridgehead atoms. The van der Waals surface area contributed by atoms with Gasteiger partial charge in [-0.15, -0.1) is 0 Å². The van der Waals surface area contributed by atoms with E-state index in [1.807, 2.05) is 5.43 Å². The molecule has 0 aliphatic rings. The maximum absolute atomic E-state index is 13.5. The normalized spacial score (nSPS) is 11.4. The van der Waals surface area contributed by atoms with Crippen molar-refractivity contribution in [2.75, 3.05) is 19.6 Å². The molecule has 0 amide bonds. The lowest BCUT2D eigenvalue weighted by Gasteiger charge is -2.11. The number of methoxy groups -OCH3 is 2. The monoisotopic (exact) mass is 343 g/mol. The fraction of sp³-hybridized carbons (Fsp3) is 0.200. The van der Waals surface area contributed by atoms with Gasteiger partial charge in [-0.3, -0.25) is 5.43 Å². The quantitative estimate of drug-likeness (QED) is 0.391. The molecule has 0 saturated carbocycles. The van der Waals surface area contributed by atoms with Crippen molar-refractivity contribution in [1.29, 1.82) is 0 Å². The van der Waals surface area contributed by atoms with E-state index in [9.17, 15) is 17.6 Å². The first-order chi connectivity index (χ1) is 11.4. The van der Waals surface area contributed by atoms with E-state index >= 15 is 0 Å². The molecule has 24 heavy (non-hydrogen) atoms. The molecule has 0 saturated heterocycles. The van der Waals surface area contributed by atoms with Crippen LogP contribution in [0.3, 0.4) is 0 Å². The van der Waals surface area contributed by atoms with Crippen LogP contribution in [0.25, 0.3) is 0 Å². The molecule has 2 rings (SSSR count). The summed E-state index contributed by atoms with van der Waals surface area (Å²) < 4.78 is 63.4. The summed E-state index contributed by atoms with van der Waals surface area (Å²) in [5.74, 6) is -5.96. The molecular weight excluding hydrogens is 330 g/mol. The summed E-state index contributed by atoms with van der Waals surface area (Å²) >= 11 is 0. The largest absolute Gasteiger partial charge is 0.497 e. The average Bonchev–Trinajstić information content (AvgIpc) is 2.59. The van der Waals surface area contributed by atoms with E-state index in [0.29, 0.717) is 17.1 Å². The molecule has 5 nitrogen and oxygen atoms in total. The van der Waals surface area contributed by atoms with Gasteiger partial charge in [0.1, 0.15) is 17.2 Å². The SMILES string of the molecule is COc1ccc(C(C)=NNc2c(F)c(F)nc(F)c2F)c(OC)c1. The molecule has 1 heterocycles. The van der Waals surface area contributed by atoms with Gasteiger partial charge in [0.2, 0.25) is 11.6 Å². The number of nitrogens with zero attached hydrogens (tertiary/aromatic N) is 2. The van der Waals surface area contributed by atoms with Crippen LogP contribution in [0.2, 0.25) is 0 Å². The molecule has 0 radical (unpaired) electrons. The van der Waals surface area contributed by atoms with Gasteiger partial charge in [-0.05, 0) is 19.1 Å². The zero-order valence-corrected chi connectivity index (χ0v) is 13.0. The van der Waals surface area contributed by atoms with Crippen LogP contribution in [-0.4, -0.2) is 24.9 Å². The highest BCUT2D eigenvalue weighted by atomic mass is 19.2. The second-order valence-corrected chi connectivity index (χ2v) is 4.57. The predicted molar refractivity (Wildman–Crippen MR) is 79.4 cm³/mol. The topological polar surface area (TPSA) is 55.7 Å². The Bertz CT molecular complexity index is 771. The molecule has 128 valence electrons. The van der Waals surface area contributed by atoms with E-state index < -0.39 is 29.2 Å². The first kappa shape index (κ1) is 17.5. The van der Waals surface area contributed by atoms with E-state index in [4.69, 9.17) is 9.47 Å². The number of hydrogen-bond acceptors (Lipinski definition) is 5. The van der Waals surface area contributed by atoms with E-state index in [1.54, 1.807) is 18.2 Å². The maximum Gasteiger partial charge on any atom is 0.254 e. The summed E-state index contributed by atoms with van der Waals surface area (Å²) in [7, 11) is 2.90. The smallest absolute Gasteiger partial charge is 0.254 e. The Kier molecular flexibility index (Phi) is 5.22. The first-order valence-electron chi connectivity index (χ1n) is 6.61. The van der Waals surface area contributed by atoms with Crippen LogP contribution >= 0.6 is 0 Å². The number of halogens is 4. The third-order valence-corrected chi connectivity index (χ3v) is 3.13.